The van der Waals surface area contributed by atoms with Gasteiger partial charge in [0.1, 0.15) is 5.82 Å². The van der Waals surface area contributed by atoms with Gasteiger partial charge in [-0.2, -0.15) is 0 Å². The van der Waals surface area contributed by atoms with Gasteiger partial charge in [-0.15, -0.1) is 0 Å². The molecule has 6 heteroatoms. The van der Waals surface area contributed by atoms with Gasteiger partial charge >= 0.3 is 0 Å². The molecule has 1 unspecified atom stereocenters. The van der Waals surface area contributed by atoms with Gasteiger partial charge < -0.3 is 10.6 Å². The quantitative estimate of drug-likeness (QED) is 0.693. The number of amides is 1. The Kier molecular flexibility index (Phi) is 4.52. The maximum Gasteiger partial charge on any atom is 0.240 e. The molecule has 1 atom stereocenters. The maximum atomic E-state index is 12.9. The molecule has 0 aliphatic carbocycles. The molecular weight excluding hydrogens is 308 g/mol. The van der Waals surface area contributed by atoms with Crippen LogP contribution >= 0.6 is 11.8 Å². The summed E-state index contributed by atoms with van der Waals surface area (Å²) in [6.07, 6.45) is 2.02. The van der Waals surface area contributed by atoms with Crippen LogP contribution in [0, 0.1) is 6.92 Å². The Morgan fingerprint density at radius 3 is 2.91 bits per heavy atom. The van der Waals surface area contributed by atoms with E-state index < -0.39 is 0 Å². The molecule has 2 heterocycles. The van der Waals surface area contributed by atoms with Gasteiger partial charge in [0.25, 0.3) is 0 Å². The van der Waals surface area contributed by atoms with Gasteiger partial charge in [0.05, 0.1) is 5.25 Å². The van der Waals surface area contributed by atoms with Crippen molar-refractivity contribution in [3.05, 3.63) is 41.6 Å². The van der Waals surface area contributed by atoms with Gasteiger partial charge in [-0.25, -0.2) is 9.97 Å². The minimum Gasteiger partial charge on any atom is -0.384 e. The third-order valence-electron chi connectivity index (χ3n) is 3.86. The summed E-state index contributed by atoms with van der Waals surface area (Å²) in [4.78, 5) is 23.3. The number of nitrogen functional groups attached to an aromatic ring is 1. The van der Waals surface area contributed by atoms with Crippen LogP contribution in [0.2, 0.25) is 0 Å². The Bertz CT molecular complexity index is 714. The number of hydrogen-bond acceptors (Lipinski definition) is 5. The van der Waals surface area contributed by atoms with Crippen molar-refractivity contribution in [1.82, 2.24) is 9.97 Å². The van der Waals surface area contributed by atoms with E-state index in [0.29, 0.717) is 11.0 Å². The molecule has 0 bridgehead atoms. The summed E-state index contributed by atoms with van der Waals surface area (Å²) in [7, 11) is 0. The largest absolute Gasteiger partial charge is 0.384 e. The molecule has 0 saturated heterocycles. The van der Waals surface area contributed by atoms with Gasteiger partial charge in [0.15, 0.2) is 5.16 Å². The number of nitrogens with zero attached hydrogens (tertiary/aromatic N) is 3. The molecule has 3 rings (SSSR count). The number of thioether (sulfide) groups is 1. The second kappa shape index (κ2) is 6.58. The number of carbonyl (C=O) groups is 1. The number of benzene rings is 1. The number of nitrogens with two attached hydrogens (primary N) is 1. The monoisotopic (exact) mass is 328 g/mol. The Morgan fingerprint density at radius 1 is 1.35 bits per heavy atom. The van der Waals surface area contributed by atoms with Gasteiger partial charge in [0.2, 0.25) is 5.91 Å². The first kappa shape index (κ1) is 15.8. The minimum atomic E-state index is -0.262. The Labute approximate surface area is 140 Å². The Balaban J connectivity index is 1.78. The standard InChI is InChI=1S/C17H20N4OS/c1-11-10-15(18)20-17(19-11)23-12(2)16(22)21-9-5-7-13-6-3-4-8-14(13)21/h3-4,6,8,10,12H,5,7,9H2,1-2H3,(H2,18,19,20). The lowest BCUT2D eigenvalue weighted by molar-refractivity contribution is -0.117. The third kappa shape index (κ3) is 3.47. The van der Waals surface area contributed by atoms with E-state index in [9.17, 15) is 4.79 Å². The van der Waals surface area contributed by atoms with Gasteiger partial charge in [-0.3, -0.25) is 4.79 Å². The molecule has 0 fully saturated rings. The van der Waals surface area contributed by atoms with Crippen molar-refractivity contribution in [3.63, 3.8) is 0 Å². The van der Waals surface area contributed by atoms with Crippen molar-refractivity contribution in [2.75, 3.05) is 17.2 Å². The number of aryl methyl sites for hydroxylation is 2. The number of carbonyl (C=O) groups excluding carboxylic acids is 1. The van der Waals surface area contributed by atoms with Crippen LogP contribution < -0.4 is 10.6 Å². The van der Waals surface area contributed by atoms with E-state index in [1.54, 1.807) is 6.07 Å². The predicted molar refractivity (Wildman–Crippen MR) is 93.6 cm³/mol. The first-order valence-corrected chi connectivity index (χ1v) is 8.59. The molecule has 1 aromatic heterocycles. The lowest BCUT2D eigenvalue weighted by Crippen LogP contribution is -2.40. The van der Waals surface area contributed by atoms with Crippen molar-refractivity contribution >= 4 is 29.2 Å². The molecule has 2 N–H and O–H groups in total. The Morgan fingerprint density at radius 2 is 2.13 bits per heavy atom. The number of para-hydroxylation sites is 1. The Hall–Kier alpha value is -2.08. The molecule has 0 radical (unpaired) electrons. The van der Waals surface area contributed by atoms with Gasteiger partial charge in [-0.1, -0.05) is 30.0 Å². The van der Waals surface area contributed by atoms with E-state index in [4.69, 9.17) is 5.73 Å². The predicted octanol–water partition coefficient (Wildman–Crippen LogP) is 2.83. The second-order valence-corrected chi connectivity index (χ2v) is 7.01. The zero-order valence-corrected chi connectivity index (χ0v) is 14.1. The maximum absolute atomic E-state index is 12.9. The van der Waals surface area contributed by atoms with Crippen molar-refractivity contribution in [2.24, 2.45) is 0 Å². The van der Waals surface area contributed by atoms with E-state index in [0.717, 1.165) is 30.8 Å². The van der Waals surface area contributed by atoms with Crippen molar-refractivity contribution in [1.29, 1.82) is 0 Å². The topological polar surface area (TPSA) is 72.1 Å². The molecule has 1 aliphatic rings. The first-order chi connectivity index (χ1) is 11.0. The lowest BCUT2D eigenvalue weighted by atomic mass is 10.0. The average molecular weight is 328 g/mol. The van der Waals surface area contributed by atoms with Crippen LogP contribution in [0.3, 0.4) is 0 Å². The van der Waals surface area contributed by atoms with E-state index in [2.05, 4.69) is 16.0 Å². The number of aromatic nitrogens is 2. The fourth-order valence-corrected chi connectivity index (χ4v) is 3.71. The summed E-state index contributed by atoms with van der Waals surface area (Å²) in [5, 5.41) is 0.288. The van der Waals surface area contributed by atoms with E-state index in [1.165, 1.54) is 17.3 Å². The summed E-state index contributed by atoms with van der Waals surface area (Å²) >= 11 is 1.35. The highest BCUT2D eigenvalue weighted by Crippen LogP contribution is 2.30. The highest BCUT2D eigenvalue weighted by molar-refractivity contribution is 8.00. The van der Waals surface area contributed by atoms with Gasteiger partial charge in [0, 0.05) is 24.0 Å². The lowest BCUT2D eigenvalue weighted by Gasteiger charge is -2.31. The first-order valence-electron chi connectivity index (χ1n) is 7.71. The van der Waals surface area contributed by atoms with Crippen LogP contribution in [0.15, 0.2) is 35.5 Å². The molecule has 0 saturated carbocycles. The molecule has 5 nitrogen and oxygen atoms in total. The zero-order valence-electron chi connectivity index (χ0n) is 13.3. The number of fused-ring (bicyclic) bond motifs is 1. The fraction of sp³-hybridized carbons (Fsp3) is 0.353. The molecule has 23 heavy (non-hydrogen) atoms. The minimum absolute atomic E-state index is 0.0887. The molecular formula is C17H20N4OS. The molecule has 1 aliphatic heterocycles. The van der Waals surface area contributed by atoms with E-state index >= 15 is 0 Å². The van der Waals surface area contributed by atoms with Crippen molar-refractivity contribution in [3.8, 4) is 0 Å². The molecule has 1 amide bonds. The highest BCUT2D eigenvalue weighted by Gasteiger charge is 2.27. The van der Waals surface area contributed by atoms with E-state index in [-0.39, 0.29) is 11.2 Å². The van der Waals surface area contributed by atoms with Crippen LogP contribution in [-0.2, 0) is 11.2 Å². The highest BCUT2D eigenvalue weighted by atomic mass is 32.2. The van der Waals surface area contributed by atoms with E-state index in [1.807, 2.05) is 36.9 Å². The summed E-state index contributed by atoms with van der Waals surface area (Å²) in [6.45, 7) is 4.53. The molecule has 120 valence electrons. The fourth-order valence-electron chi connectivity index (χ4n) is 2.81. The van der Waals surface area contributed by atoms with Crippen LogP contribution in [0.5, 0.6) is 0 Å². The normalized spacial score (nSPS) is 15.1. The van der Waals surface area contributed by atoms with Crippen LogP contribution in [0.4, 0.5) is 11.5 Å². The second-order valence-electron chi connectivity index (χ2n) is 5.70. The number of anilines is 2. The molecule has 0 spiro atoms. The molecule has 1 aromatic carbocycles. The zero-order chi connectivity index (χ0) is 16.4. The van der Waals surface area contributed by atoms with Crippen LogP contribution in [-0.4, -0.2) is 27.7 Å². The third-order valence-corrected chi connectivity index (χ3v) is 4.81. The van der Waals surface area contributed by atoms with Crippen molar-refractivity contribution < 1.29 is 4.79 Å². The van der Waals surface area contributed by atoms with Crippen LogP contribution in [0.25, 0.3) is 0 Å². The van der Waals surface area contributed by atoms with Gasteiger partial charge in [-0.05, 0) is 38.3 Å². The SMILES string of the molecule is Cc1cc(N)nc(SC(C)C(=O)N2CCCc3ccccc32)n1. The number of rotatable bonds is 3. The summed E-state index contributed by atoms with van der Waals surface area (Å²) in [6, 6.07) is 9.83. The summed E-state index contributed by atoms with van der Waals surface area (Å²) < 4.78 is 0. The molecule has 2 aromatic rings. The number of hydrogen-bond donors (Lipinski definition) is 1. The summed E-state index contributed by atoms with van der Waals surface area (Å²) in [5.41, 5.74) is 8.83. The smallest absolute Gasteiger partial charge is 0.240 e. The van der Waals surface area contributed by atoms with Crippen molar-refractivity contribution in [2.45, 2.75) is 37.1 Å². The summed E-state index contributed by atoms with van der Waals surface area (Å²) in [5.74, 6) is 0.522. The average Bonchev–Trinajstić information content (AvgIpc) is 2.52. The van der Waals surface area contributed by atoms with Crippen LogP contribution in [0.1, 0.15) is 24.6 Å².